The summed E-state index contributed by atoms with van der Waals surface area (Å²) in [5.41, 5.74) is 1.43. The number of thioether (sulfide) groups is 2. The van der Waals surface area contributed by atoms with Crippen molar-refractivity contribution < 1.29 is 44.3 Å². The van der Waals surface area contributed by atoms with Crippen LogP contribution in [0.1, 0.15) is 12.5 Å². The molecule has 0 aliphatic carbocycles. The molecule has 3 heterocycles. The zero-order valence-electron chi connectivity index (χ0n) is 12.4. The topological polar surface area (TPSA) is 78.3 Å². The summed E-state index contributed by atoms with van der Waals surface area (Å²) in [6.45, 7) is 1.94. The molecule has 2 aliphatic rings. The van der Waals surface area contributed by atoms with Gasteiger partial charge >= 0.3 is 29.6 Å². The van der Waals surface area contributed by atoms with E-state index in [1.807, 2.05) is 6.92 Å². The van der Waals surface area contributed by atoms with Gasteiger partial charge in [-0.3, -0.25) is 14.4 Å². The Morgan fingerprint density at radius 3 is 2.86 bits per heavy atom. The minimum atomic E-state index is -1.30. The minimum absolute atomic E-state index is 0. The maximum absolute atomic E-state index is 12.2. The molecule has 1 atom stereocenters. The third-order valence-electron chi connectivity index (χ3n) is 3.14. The molecule has 0 aromatic carbocycles. The minimum Gasteiger partial charge on any atom is -0.543 e. The van der Waals surface area contributed by atoms with Gasteiger partial charge in [-0.1, -0.05) is 18.7 Å². The Hall–Kier alpha value is -0.670. The van der Waals surface area contributed by atoms with E-state index in [1.54, 1.807) is 30.2 Å². The summed E-state index contributed by atoms with van der Waals surface area (Å²) < 4.78 is 2.30. The van der Waals surface area contributed by atoms with E-state index in [0.717, 1.165) is 11.3 Å². The fourth-order valence-electron chi connectivity index (χ4n) is 2.26. The number of aromatic nitrogens is 2. The molecule has 1 unspecified atom stereocenters. The van der Waals surface area contributed by atoms with Crippen molar-refractivity contribution in [3.05, 3.63) is 33.5 Å². The molecule has 2 aliphatic heterocycles. The van der Waals surface area contributed by atoms with Gasteiger partial charge in [-0.05, 0) is 11.8 Å². The van der Waals surface area contributed by atoms with Gasteiger partial charge in [0.05, 0.1) is 27.7 Å². The monoisotopic (exact) mass is 345 g/mol. The second-order valence-electron chi connectivity index (χ2n) is 4.55. The van der Waals surface area contributed by atoms with Gasteiger partial charge < -0.3 is 9.90 Å². The van der Waals surface area contributed by atoms with Crippen molar-refractivity contribution in [1.82, 2.24) is 14.7 Å². The van der Waals surface area contributed by atoms with Gasteiger partial charge in [-0.25, -0.2) is 0 Å². The predicted molar refractivity (Wildman–Crippen MR) is 79.6 cm³/mol. The SMILES string of the molecule is CCSC1=C(C(=O)[O-])N2C(=O)/C(=C/c3cnn(C)c3)C2S1.[Na+]. The fraction of sp³-hybridized carbons (Fsp3) is 0.308. The van der Waals surface area contributed by atoms with E-state index in [9.17, 15) is 14.7 Å². The molecule has 0 bridgehead atoms. The summed E-state index contributed by atoms with van der Waals surface area (Å²) in [5, 5.41) is 15.1. The van der Waals surface area contributed by atoms with Crippen molar-refractivity contribution in [3.8, 4) is 0 Å². The fourth-order valence-corrected chi connectivity index (χ4v) is 4.84. The maximum Gasteiger partial charge on any atom is 1.00 e. The number of rotatable bonds is 4. The number of β-lactam (4-membered cyclic amide) rings is 1. The van der Waals surface area contributed by atoms with Crippen LogP contribution in [0.25, 0.3) is 6.08 Å². The molecular weight excluding hydrogens is 333 g/mol. The zero-order valence-corrected chi connectivity index (χ0v) is 16.0. The third kappa shape index (κ3) is 2.90. The van der Waals surface area contributed by atoms with Gasteiger partial charge in [0, 0.05) is 18.8 Å². The van der Waals surface area contributed by atoms with Crippen LogP contribution in [0.2, 0.25) is 0 Å². The second kappa shape index (κ2) is 6.84. The number of fused-ring (bicyclic) bond motifs is 1. The number of carboxylic acid groups (broad SMARTS) is 1. The number of carboxylic acids is 1. The summed E-state index contributed by atoms with van der Waals surface area (Å²) in [7, 11) is 1.80. The van der Waals surface area contributed by atoms with E-state index in [4.69, 9.17) is 0 Å². The Labute approximate surface area is 158 Å². The van der Waals surface area contributed by atoms with Crippen LogP contribution in [0.15, 0.2) is 27.9 Å². The maximum atomic E-state index is 12.2. The predicted octanol–water partition coefficient (Wildman–Crippen LogP) is -2.61. The number of aryl methyl sites for hydroxylation is 1. The van der Waals surface area contributed by atoms with Gasteiger partial charge in [0.15, 0.2) is 0 Å². The number of carbonyl (C=O) groups is 2. The Balaban J connectivity index is 0.00000176. The number of nitrogens with zero attached hydrogens (tertiary/aromatic N) is 3. The largest absolute Gasteiger partial charge is 1.00 e. The van der Waals surface area contributed by atoms with Crippen LogP contribution in [-0.2, 0) is 16.6 Å². The number of aliphatic carboxylic acids is 1. The Morgan fingerprint density at radius 2 is 2.32 bits per heavy atom. The van der Waals surface area contributed by atoms with Crippen LogP contribution in [0.3, 0.4) is 0 Å². The summed E-state index contributed by atoms with van der Waals surface area (Å²) in [5.74, 6) is -0.827. The molecule has 0 saturated carbocycles. The van der Waals surface area contributed by atoms with E-state index in [2.05, 4.69) is 5.10 Å². The Bertz CT molecular complexity index is 698. The van der Waals surface area contributed by atoms with E-state index >= 15 is 0 Å². The number of hydrogen-bond donors (Lipinski definition) is 0. The van der Waals surface area contributed by atoms with Crippen molar-refractivity contribution in [2.24, 2.45) is 7.05 Å². The van der Waals surface area contributed by atoms with Crippen molar-refractivity contribution >= 4 is 41.5 Å². The molecular formula is C13H12N3NaO3S2. The standard InChI is InChI=1S/C13H13N3O3S2.Na/c1-3-20-13-9(12(18)19)16-10(17)8(11(16)21-13)4-7-5-14-15(2)6-7;/h4-6,11H,3H2,1-2H3,(H,18,19);/q;+1/p-1/b8-4-;. The van der Waals surface area contributed by atoms with Crippen LogP contribution < -0.4 is 34.7 Å². The van der Waals surface area contributed by atoms with Crippen molar-refractivity contribution in [2.75, 3.05) is 5.75 Å². The van der Waals surface area contributed by atoms with E-state index < -0.39 is 5.97 Å². The third-order valence-corrected chi connectivity index (χ3v) is 5.62. The smallest absolute Gasteiger partial charge is 0.543 e. The molecule has 9 heteroatoms. The number of hydrogen-bond acceptors (Lipinski definition) is 6. The molecule has 3 rings (SSSR count). The Morgan fingerprint density at radius 1 is 1.59 bits per heavy atom. The van der Waals surface area contributed by atoms with E-state index in [1.165, 1.54) is 28.4 Å². The van der Waals surface area contributed by atoms with Crippen molar-refractivity contribution in [1.29, 1.82) is 0 Å². The van der Waals surface area contributed by atoms with Gasteiger partial charge in [-0.15, -0.1) is 11.8 Å². The molecule has 1 amide bonds. The molecule has 0 radical (unpaired) electrons. The van der Waals surface area contributed by atoms with Crippen LogP contribution in [0.4, 0.5) is 0 Å². The first-order valence-corrected chi connectivity index (χ1v) is 8.18. The van der Waals surface area contributed by atoms with Gasteiger partial charge in [-0.2, -0.15) is 5.10 Å². The molecule has 6 nitrogen and oxygen atoms in total. The molecule has 1 aromatic heterocycles. The molecule has 1 fully saturated rings. The first-order valence-electron chi connectivity index (χ1n) is 6.31. The Kier molecular flexibility index (Phi) is 5.50. The van der Waals surface area contributed by atoms with Crippen LogP contribution in [0, 0.1) is 0 Å². The molecule has 1 aromatic rings. The van der Waals surface area contributed by atoms with Crippen LogP contribution >= 0.6 is 23.5 Å². The first kappa shape index (κ1) is 17.7. The molecule has 22 heavy (non-hydrogen) atoms. The number of amides is 1. The molecule has 1 saturated heterocycles. The molecule has 0 N–H and O–H groups in total. The van der Waals surface area contributed by atoms with Crippen molar-refractivity contribution in [2.45, 2.75) is 12.3 Å². The van der Waals surface area contributed by atoms with E-state index in [0.29, 0.717) is 9.81 Å². The van der Waals surface area contributed by atoms with Crippen LogP contribution in [-0.4, -0.2) is 37.7 Å². The zero-order chi connectivity index (χ0) is 15.1. The quantitative estimate of drug-likeness (QED) is 0.338. The average molecular weight is 345 g/mol. The second-order valence-corrected chi connectivity index (χ2v) is 7.17. The normalized spacial score (nSPS) is 21.7. The first-order chi connectivity index (χ1) is 10.0. The van der Waals surface area contributed by atoms with E-state index in [-0.39, 0.29) is 46.5 Å². The van der Waals surface area contributed by atoms with Crippen molar-refractivity contribution in [3.63, 3.8) is 0 Å². The van der Waals surface area contributed by atoms with Gasteiger partial charge in [0.2, 0.25) is 0 Å². The number of carbonyl (C=O) groups excluding carboxylic acids is 2. The summed E-state index contributed by atoms with van der Waals surface area (Å²) in [4.78, 5) is 24.8. The summed E-state index contributed by atoms with van der Waals surface area (Å²) >= 11 is 2.81. The average Bonchev–Trinajstić information content (AvgIpc) is 2.98. The summed E-state index contributed by atoms with van der Waals surface area (Å²) in [6, 6.07) is 0. The van der Waals surface area contributed by atoms with Crippen LogP contribution in [0.5, 0.6) is 0 Å². The molecule has 110 valence electrons. The summed E-state index contributed by atoms with van der Waals surface area (Å²) in [6.07, 6.45) is 5.23. The van der Waals surface area contributed by atoms with Gasteiger partial charge in [0.25, 0.3) is 5.91 Å². The van der Waals surface area contributed by atoms with Gasteiger partial charge in [0.1, 0.15) is 5.37 Å². The molecule has 0 spiro atoms.